The number of halogens is 1. The Balaban J connectivity index is 0.736. The number of carboxylic acids is 2. The van der Waals surface area contributed by atoms with Gasteiger partial charge in [-0.2, -0.15) is 5.10 Å². The third-order valence-electron chi connectivity index (χ3n) is 16.1. The van der Waals surface area contributed by atoms with Crippen LogP contribution in [0.15, 0.2) is 47.3 Å². The first-order chi connectivity index (χ1) is 43.8. The molecule has 1 aliphatic carbocycles. The second-order valence-electron chi connectivity index (χ2n) is 23.5. The number of hydrogen-bond donors (Lipinski definition) is 7. The molecule has 1 saturated carbocycles. The van der Waals surface area contributed by atoms with Crippen molar-refractivity contribution in [2.45, 2.75) is 180 Å². The number of nitrogens with one attached hydrogen (secondary N) is 5. The van der Waals surface area contributed by atoms with Crippen molar-refractivity contribution < 1.29 is 72.3 Å². The number of ether oxygens (including phenoxy) is 4. The number of fused-ring (bicyclic) bond motifs is 2. The minimum absolute atomic E-state index is 0.0435. The molecular weight excluding hydrogens is 1240 g/mol. The zero-order valence-corrected chi connectivity index (χ0v) is 54.2. The van der Waals surface area contributed by atoms with E-state index < -0.39 is 24.0 Å². The zero-order valence-electron chi connectivity index (χ0n) is 52.7. The first-order valence-electron chi connectivity index (χ1n) is 31.7. The van der Waals surface area contributed by atoms with Gasteiger partial charge in [0.05, 0.1) is 51.7 Å². The lowest BCUT2D eigenvalue weighted by molar-refractivity contribution is -0.142. The van der Waals surface area contributed by atoms with Crippen LogP contribution in [0.3, 0.4) is 0 Å². The molecule has 7 N–H and O–H groups in total. The van der Waals surface area contributed by atoms with Crippen LogP contribution in [0.5, 0.6) is 0 Å². The van der Waals surface area contributed by atoms with Gasteiger partial charge in [-0.1, -0.05) is 96.1 Å². The first kappa shape index (κ1) is 72.7. The molecule has 4 heterocycles. The Labute approximate surface area is 539 Å². The number of carbonyl (C=O) groups is 9. The van der Waals surface area contributed by atoms with Gasteiger partial charge in [-0.15, -0.1) is 0 Å². The molecule has 498 valence electrons. The van der Waals surface area contributed by atoms with E-state index in [2.05, 4.69) is 69.5 Å². The number of unbranched alkanes of at least 4 members (excludes halogenated alkanes) is 13. The summed E-state index contributed by atoms with van der Waals surface area (Å²) in [5.74, 6) is -3.46. The van der Waals surface area contributed by atoms with Gasteiger partial charge in [-0.3, -0.25) is 43.0 Å². The number of pyridine rings is 1. The van der Waals surface area contributed by atoms with E-state index in [1.165, 1.54) is 50.1 Å². The van der Waals surface area contributed by atoms with Crippen molar-refractivity contribution in [3.63, 3.8) is 0 Å². The van der Waals surface area contributed by atoms with E-state index in [1.807, 2.05) is 19.1 Å². The van der Waals surface area contributed by atoms with Crippen LogP contribution >= 0.6 is 15.9 Å². The van der Waals surface area contributed by atoms with Crippen LogP contribution in [0.2, 0.25) is 0 Å². The molecule has 4 atom stereocenters. The van der Waals surface area contributed by atoms with Crippen LogP contribution in [0.25, 0.3) is 22.0 Å². The first-order valence-corrected chi connectivity index (χ1v) is 32.5. The van der Waals surface area contributed by atoms with Gasteiger partial charge in [0.25, 0.3) is 0 Å². The maximum absolute atomic E-state index is 14.1. The van der Waals surface area contributed by atoms with Crippen molar-refractivity contribution >= 4 is 85.8 Å². The lowest BCUT2D eigenvalue weighted by atomic mass is 10.0. The Morgan fingerprint density at radius 2 is 1.24 bits per heavy atom. The van der Waals surface area contributed by atoms with Crippen LogP contribution in [0.4, 0.5) is 5.82 Å². The van der Waals surface area contributed by atoms with Gasteiger partial charge in [0, 0.05) is 68.7 Å². The number of carboxylic acid groups (broad SMARTS) is 2. The monoisotopic (exact) mass is 1330 g/mol. The van der Waals surface area contributed by atoms with Gasteiger partial charge >= 0.3 is 11.9 Å². The van der Waals surface area contributed by atoms with Gasteiger partial charge < -0.3 is 60.6 Å². The fourth-order valence-electron chi connectivity index (χ4n) is 10.9. The standard InChI is InChI=1S/C64H90BrN11O15/c1-43-20-24-52(65)72-61(43)73-62(85)50-35-64(3)36-51(64)76(50)58(82)40-75-49-23-21-45(34-47(49)60(74-75)44(2)77)46-37-68-53(69-38-46)39-70-57(81)42-91-33-31-89-29-27-67-56(80)41-90-32-30-88-28-26-66-54(78)25-22-48(63(86)87)71-55(79)18-16-14-12-10-8-6-4-5-7-9-11-13-15-17-19-59(83)84/h20-21,23-24,34,37-38,48,50-51H,4-19,22,25-33,35-36,39-42H2,1-3H3,(H,66,78)(H,67,80)(H,70,81)(H,71,79)(H,83,84)(H,86,87)(H,72,73,85)/t48-,50-,51+,64-/m0/s1. The van der Waals surface area contributed by atoms with Crippen molar-refractivity contribution in [2.24, 2.45) is 5.41 Å². The Bertz CT molecular complexity index is 3070. The van der Waals surface area contributed by atoms with Gasteiger partial charge in [-0.25, -0.2) is 19.7 Å². The summed E-state index contributed by atoms with van der Waals surface area (Å²) >= 11 is 3.36. The van der Waals surface area contributed by atoms with E-state index in [1.54, 1.807) is 35.5 Å². The minimum atomic E-state index is -1.20. The summed E-state index contributed by atoms with van der Waals surface area (Å²) in [5.41, 5.74) is 2.76. The molecule has 91 heavy (non-hydrogen) atoms. The van der Waals surface area contributed by atoms with Crippen molar-refractivity contribution in [1.29, 1.82) is 0 Å². The predicted molar refractivity (Wildman–Crippen MR) is 339 cm³/mol. The van der Waals surface area contributed by atoms with E-state index in [0.717, 1.165) is 56.9 Å². The average Bonchev–Trinajstić information content (AvgIpc) is 1.55. The quantitative estimate of drug-likeness (QED) is 0.0136. The van der Waals surface area contributed by atoms with E-state index in [0.29, 0.717) is 51.1 Å². The number of Topliss-reactive ketones (excluding diaryl/α,β-unsaturated/α-hetero) is 1. The maximum atomic E-state index is 14.1. The third kappa shape index (κ3) is 25.4. The Kier molecular flexibility index (Phi) is 30.8. The molecule has 1 saturated heterocycles. The fourth-order valence-corrected chi connectivity index (χ4v) is 11.2. The number of aryl methyl sites for hydroxylation is 1. The summed E-state index contributed by atoms with van der Waals surface area (Å²) in [6, 6.07) is 7.11. The Morgan fingerprint density at radius 3 is 1.84 bits per heavy atom. The lowest BCUT2D eigenvalue weighted by Gasteiger charge is -2.27. The number of amides is 6. The van der Waals surface area contributed by atoms with Gasteiger partial charge in [0.15, 0.2) is 5.78 Å². The molecule has 2 fully saturated rings. The Hall–Kier alpha value is -7.33. The summed E-state index contributed by atoms with van der Waals surface area (Å²) < 4.78 is 23.7. The van der Waals surface area contributed by atoms with Gasteiger partial charge in [0.1, 0.15) is 53.8 Å². The van der Waals surface area contributed by atoms with Crippen LogP contribution in [0, 0.1) is 12.3 Å². The number of aliphatic carboxylic acids is 2. The number of piperidine rings is 1. The summed E-state index contributed by atoms with van der Waals surface area (Å²) in [7, 11) is 0. The number of likely N-dealkylation sites (tertiary alicyclic amines) is 1. The highest BCUT2D eigenvalue weighted by molar-refractivity contribution is 9.10. The maximum Gasteiger partial charge on any atom is 0.326 e. The Morgan fingerprint density at radius 1 is 0.670 bits per heavy atom. The molecule has 4 aromatic rings. The topological polar surface area (TPSA) is 351 Å². The van der Waals surface area contributed by atoms with Crippen molar-refractivity contribution in [1.82, 2.24) is 50.9 Å². The molecule has 2 aliphatic rings. The predicted octanol–water partition coefficient (Wildman–Crippen LogP) is 6.77. The molecule has 3 aromatic heterocycles. The fraction of sp³-hybridized carbons (Fsp3) is 0.609. The van der Waals surface area contributed by atoms with E-state index in [-0.39, 0.29) is 163 Å². The molecule has 27 heteroatoms. The minimum Gasteiger partial charge on any atom is -0.481 e. The molecule has 26 nitrogen and oxygen atoms in total. The number of aromatic nitrogens is 5. The SMILES string of the molecule is CC(=O)c1nn(CC(=O)N2[C@H](C(=O)Nc3nc(Br)ccc3C)C[C@@]3(C)C[C@@H]23)c2ccc(-c3cnc(CNC(=O)COCCOCCNC(=O)COCCOCCNC(=O)CC[C@H](NC(=O)CCCCCCCCCCCCCCCCC(=O)O)C(=O)O)nc3)cc12. The third-order valence-corrected chi connectivity index (χ3v) is 16.5. The molecule has 0 radical (unpaired) electrons. The van der Waals surface area contributed by atoms with Crippen LogP contribution in [-0.4, -0.2) is 177 Å². The molecule has 6 rings (SSSR count). The average molecular weight is 1330 g/mol. The largest absolute Gasteiger partial charge is 0.481 e. The summed E-state index contributed by atoms with van der Waals surface area (Å²) in [6.07, 6.45) is 19.8. The van der Waals surface area contributed by atoms with E-state index >= 15 is 0 Å². The molecular formula is C64H90BrN11O15. The molecule has 6 amide bonds. The second-order valence-corrected chi connectivity index (χ2v) is 24.3. The zero-order chi connectivity index (χ0) is 65.5. The van der Waals surface area contributed by atoms with Crippen LogP contribution in [-0.2, 0) is 70.4 Å². The number of benzene rings is 1. The van der Waals surface area contributed by atoms with Crippen LogP contribution < -0.4 is 26.6 Å². The van der Waals surface area contributed by atoms with Crippen LogP contribution in [0.1, 0.15) is 164 Å². The molecule has 1 aliphatic heterocycles. The van der Waals surface area contributed by atoms with Crippen molar-refractivity contribution in [3.8, 4) is 11.1 Å². The smallest absolute Gasteiger partial charge is 0.326 e. The van der Waals surface area contributed by atoms with E-state index in [9.17, 15) is 48.3 Å². The number of hydrogen-bond acceptors (Lipinski definition) is 17. The molecule has 0 bridgehead atoms. The van der Waals surface area contributed by atoms with Gasteiger partial charge in [0.2, 0.25) is 35.4 Å². The second kappa shape index (κ2) is 38.5. The summed E-state index contributed by atoms with van der Waals surface area (Å²) in [4.78, 5) is 127. The highest BCUT2D eigenvalue weighted by Gasteiger charge is 2.64. The van der Waals surface area contributed by atoms with Gasteiger partial charge in [-0.05, 0) is 89.7 Å². The van der Waals surface area contributed by atoms with E-state index in [4.69, 9.17) is 24.1 Å². The number of ketones is 1. The van der Waals surface area contributed by atoms with Crippen molar-refractivity contribution in [2.75, 3.05) is 71.3 Å². The molecule has 1 aromatic carbocycles. The summed E-state index contributed by atoms with van der Waals surface area (Å²) in [5, 5.41) is 36.9. The summed E-state index contributed by atoms with van der Waals surface area (Å²) in [6.45, 7) is 6.19. The highest BCUT2D eigenvalue weighted by atomic mass is 79.9. The number of anilines is 1. The van der Waals surface area contributed by atoms with Crippen molar-refractivity contribution in [3.05, 3.63) is 64.4 Å². The number of rotatable bonds is 46. The highest BCUT2D eigenvalue weighted by Crippen LogP contribution is 2.59. The number of carbonyl (C=O) groups excluding carboxylic acids is 7. The lowest BCUT2D eigenvalue weighted by Crippen LogP contribution is -2.47. The molecule has 0 spiro atoms. The molecule has 0 unspecified atom stereocenters. The normalized spacial score (nSPS) is 16.0. The number of nitrogens with zero attached hydrogens (tertiary/aromatic N) is 6.